The van der Waals surface area contributed by atoms with Gasteiger partial charge in [-0.05, 0) is 17.5 Å². The Labute approximate surface area is 109 Å². The van der Waals surface area contributed by atoms with Crippen molar-refractivity contribution in [2.45, 2.75) is 33.6 Å². The zero-order valence-electron chi connectivity index (χ0n) is 11.3. The molecule has 0 aliphatic rings. The fourth-order valence-corrected chi connectivity index (χ4v) is 1.72. The maximum atomic E-state index is 12.3. The second kappa shape index (κ2) is 6.20. The molecule has 0 spiro atoms. The number of nitrogens with zero attached hydrogens (tertiary/aromatic N) is 2. The van der Waals surface area contributed by atoms with Gasteiger partial charge >= 0.3 is 0 Å². The lowest BCUT2D eigenvalue weighted by atomic mass is 9.91. The van der Waals surface area contributed by atoms with Crippen LogP contribution in [0.5, 0.6) is 0 Å². The molecule has 0 aliphatic heterocycles. The number of hydrogen-bond donors (Lipinski definition) is 0. The minimum absolute atomic E-state index is 0.0449. The molecule has 0 atom stereocenters. The lowest BCUT2D eigenvalue weighted by Gasteiger charge is -2.26. The molecule has 0 aromatic heterocycles. The largest absolute Gasteiger partial charge is 0.311 e. The van der Waals surface area contributed by atoms with Crippen molar-refractivity contribution in [1.29, 1.82) is 5.26 Å². The van der Waals surface area contributed by atoms with E-state index in [1.807, 2.05) is 51.1 Å². The van der Waals surface area contributed by atoms with E-state index in [-0.39, 0.29) is 11.3 Å². The summed E-state index contributed by atoms with van der Waals surface area (Å²) in [5.74, 6) is 0.0731. The van der Waals surface area contributed by atoms with Crippen LogP contribution in [0.1, 0.15) is 33.6 Å². The highest BCUT2D eigenvalue weighted by Gasteiger charge is 2.21. The zero-order chi connectivity index (χ0) is 13.6. The number of hydrogen-bond acceptors (Lipinski definition) is 2. The Morgan fingerprint density at radius 1 is 1.28 bits per heavy atom. The number of anilines is 1. The molecule has 1 aromatic rings. The molecule has 0 N–H and O–H groups in total. The fraction of sp³-hybridized carbons (Fsp3) is 0.467. The molecule has 3 heteroatoms. The van der Waals surface area contributed by atoms with Crippen LogP contribution in [0.4, 0.5) is 5.69 Å². The van der Waals surface area contributed by atoms with Crippen molar-refractivity contribution in [3.8, 4) is 6.07 Å². The van der Waals surface area contributed by atoms with E-state index < -0.39 is 0 Å². The lowest BCUT2D eigenvalue weighted by Crippen LogP contribution is -2.34. The van der Waals surface area contributed by atoms with Gasteiger partial charge in [0.2, 0.25) is 5.91 Å². The van der Waals surface area contributed by atoms with Gasteiger partial charge in [0.25, 0.3) is 0 Å². The van der Waals surface area contributed by atoms with Gasteiger partial charge in [-0.25, -0.2) is 0 Å². The summed E-state index contributed by atoms with van der Waals surface area (Å²) in [5, 5.41) is 8.69. The molecule has 0 saturated carbocycles. The quantitative estimate of drug-likeness (QED) is 0.815. The summed E-state index contributed by atoms with van der Waals surface area (Å²) >= 11 is 0. The van der Waals surface area contributed by atoms with Crippen LogP contribution in [0.2, 0.25) is 0 Å². The lowest BCUT2D eigenvalue weighted by molar-refractivity contribution is -0.120. The first kappa shape index (κ1) is 14.2. The number of amides is 1. The molecule has 0 heterocycles. The summed E-state index contributed by atoms with van der Waals surface area (Å²) in [6, 6.07) is 11.6. The van der Waals surface area contributed by atoms with Crippen LogP contribution in [-0.4, -0.2) is 12.5 Å². The molecular formula is C15H20N2O. The third kappa shape index (κ3) is 4.58. The summed E-state index contributed by atoms with van der Waals surface area (Å²) < 4.78 is 0. The fourth-order valence-electron chi connectivity index (χ4n) is 1.72. The van der Waals surface area contributed by atoms with E-state index in [4.69, 9.17) is 5.26 Å². The van der Waals surface area contributed by atoms with E-state index in [2.05, 4.69) is 6.07 Å². The average molecular weight is 244 g/mol. The minimum Gasteiger partial charge on any atom is -0.311 e. The number of para-hydroxylation sites is 1. The van der Waals surface area contributed by atoms with Crippen LogP contribution in [-0.2, 0) is 4.79 Å². The van der Waals surface area contributed by atoms with Crippen LogP contribution < -0.4 is 4.90 Å². The third-order valence-electron chi connectivity index (χ3n) is 2.50. The van der Waals surface area contributed by atoms with Crippen molar-refractivity contribution < 1.29 is 4.79 Å². The highest BCUT2D eigenvalue weighted by Crippen LogP contribution is 2.23. The summed E-state index contributed by atoms with van der Waals surface area (Å²) in [7, 11) is 0. The maximum Gasteiger partial charge on any atom is 0.227 e. The molecule has 0 saturated heterocycles. The van der Waals surface area contributed by atoms with Crippen molar-refractivity contribution in [1.82, 2.24) is 0 Å². The highest BCUT2D eigenvalue weighted by atomic mass is 16.2. The minimum atomic E-state index is -0.0449. The molecule has 18 heavy (non-hydrogen) atoms. The summed E-state index contributed by atoms with van der Waals surface area (Å²) in [6.07, 6.45) is 0.831. The normalized spacial score (nSPS) is 10.8. The maximum absolute atomic E-state index is 12.3. The van der Waals surface area contributed by atoms with Gasteiger partial charge in [0.15, 0.2) is 0 Å². The molecule has 0 radical (unpaired) electrons. The Hall–Kier alpha value is -1.82. The van der Waals surface area contributed by atoms with Gasteiger partial charge in [-0.2, -0.15) is 5.26 Å². The summed E-state index contributed by atoms with van der Waals surface area (Å²) in [5.41, 5.74) is 0.818. The van der Waals surface area contributed by atoms with Crippen molar-refractivity contribution in [3.63, 3.8) is 0 Å². The summed E-state index contributed by atoms with van der Waals surface area (Å²) in [4.78, 5) is 14.0. The molecule has 0 unspecified atom stereocenters. The van der Waals surface area contributed by atoms with E-state index >= 15 is 0 Å². The van der Waals surface area contributed by atoms with Crippen LogP contribution in [0.15, 0.2) is 30.3 Å². The van der Waals surface area contributed by atoms with Crippen LogP contribution in [0.25, 0.3) is 0 Å². The molecule has 0 aliphatic carbocycles. The molecule has 0 bridgehead atoms. The first-order valence-electron chi connectivity index (χ1n) is 6.16. The van der Waals surface area contributed by atoms with E-state index in [0.29, 0.717) is 19.4 Å². The Morgan fingerprint density at radius 2 is 1.89 bits per heavy atom. The molecule has 1 rings (SSSR count). The first-order chi connectivity index (χ1) is 8.44. The van der Waals surface area contributed by atoms with Gasteiger partial charge in [0.1, 0.15) is 0 Å². The van der Waals surface area contributed by atoms with Gasteiger partial charge in [-0.3, -0.25) is 4.79 Å². The van der Waals surface area contributed by atoms with Crippen molar-refractivity contribution >= 4 is 11.6 Å². The molecule has 1 amide bonds. The second-order valence-electron chi connectivity index (χ2n) is 5.53. The van der Waals surface area contributed by atoms with Crippen LogP contribution >= 0.6 is 0 Å². The molecule has 1 aromatic carbocycles. The molecule has 3 nitrogen and oxygen atoms in total. The Balaban J connectivity index is 2.86. The van der Waals surface area contributed by atoms with E-state index in [9.17, 15) is 4.79 Å². The van der Waals surface area contributed by atoms with Crippen LogP contribution in [0, 0.1) is 16.7 Å². The average Bonchev–Trinajstić information content (AvgIpc) is 2.28. The number of rotatable bonds is 4. The van der Waals surface area contributed by atoms with E-state index in [1.165, 1.54) is 0 Å². The van der Waals surface area contributed by atoms with Crippen LogP contribution in [0.3, 0.4) is 0 Å². The number of nitriles is 1. The Bertz CT molecular complexity index is 426. The van der Waals surface area contributed by atoms with Gasteiger partial charge in [-0.1, -0.05) is 39.0 Å². The van der Waals surface area contributed by atoms with Crippen molar-refractivity contribution in [3.05, 3.63) is 30.3 Å². The SMILES string of the molecule is CC(C)(C)CC(=O)N(CCC#N)c1ccccc1. The predicted octanol–water partition coefficient (Wildman–Crippen LogP) is 3.37. The summed E-state index contributed by atoms with van der Waals surface area (Å²) in [6.45, 7) is 6.57. The molecule has 0 fully saturated rings. The third-order valence-corrected chi connectivity index (χ3v) is 2.50. The molecular weight excluding hydrogens is 224 g/mol. The number of carbonyl (C=O) groups is 1. The predicted molar refractivity (Wildman–Crippen MR) is 73.1 cm³/mol. The van der Waals surface area contributed by atoms with Crippen molar-refractivity contribution in [2.75, 3.05) is 11.4 Å². The Kier molecular flexibility index (Phi) is 4.91. The van der Waals surface area contributed by atoms with Gasteiger partial charge in [0.05, 0.1) is 12.5 Å². The van der Waals surface area contributed by atoms with Gasteiger partial charge < -0.3 is 4.90 Å². The smallest absolute Gasteiger partial charge is 0.227 e. The highest BCUT2D eigenvalue weighted by molar-refractivity contribution is 5.93. The van der Waals surface area contributed by atoms with Gasteiger partial charge in [-0.15, -0.1) is 0 Å². The monoisotopic (exact) mass is 244 g/mol. The second-order valence-corrected chi connectivity index (χ2v) is 5.53. The first-order valence-corrected chi connectivity index (χ1v) is 6.16. The standard InChI is InChI=1S/C15H20N2O/c1-15(2,3)12-14(18)17(11-7-10-16)13-8-5-4-6-9-13/h4-6,8-9H,7,11-12H2,1-3H3. The topological polar surface area (TPSA) is 44.1 Å². The van der Waals surface area contributed by atoms with Gasteiger partial charge in [0, 0.05) is 18.7 Å². The number of benzene rings is 1. The Morgan fingerprint density at radius 3 is 2.39 bits per heavy atom. The van der Waals surface area contributed by atoms with E-state index in [0.717, 1.165) is 5.69 Å². The van der Waals surface area contributed by atoms with E-state index in [1.54, 1.807) is 4.90 Å². The van der Waals surface area contributed by atoms with Crippen molar-refractivity contribution in [2.24, 2.45) is 5.41 Å². The zero-order valence-corrected chi connectivity index (χ0v) is 11.3. The molecule has 96 valence electrons. The number of carbonyl (C=O) groups excluding carboxylic acids is 1.